The summed E-state index contributed by atoms with van der Waals surface area (Å²) in [4.78, 5) is 22.5. The van der Waals surface area contributed by atoms with Gasteiger partial charge in [-0.1, -0.05) is 30.3 Å². The standard InChI is InChI=1S/C23H23F3N4O/c24-18-7-3-1-5-15(18)9-12-27-23(31)16-10-13-30(14-11-16)22-17-6-2-4-8-19(17)28-21(29-22)20(25)26/h1-8,16,20H,9-14H2,(H,27,31). The Morgan fingerprint density at radius 1 is 1.06 bits per heavy atom. The third-order valence-corrected chi connectivity index (χ3v) is 5.61. The third kappa shape index (κ3) is 4.78. The highest BCUT2D eigenvalue weighted by Crippen LogP contribution is 2.30. The van der Waals surface area contributed by atoms with E-state index in [-0.39, 0.29) is 17.6 Å². The number of amides is 1. The molecule has 0 saturated carbocycles. The molecular formula is C23H23F3N4O. The summed E-state index contributed by atoms with van der Waals surface area (Å²) in [7, 11) is 0. The lowest BCUT2D eigenvalue weighted by molar-refractivity contribution is -0.125. The summed E-state index contributed by atoms with van der Waals surface area (Å²) in [6.45, 7) is 1.44. The number of rotatable bonds is 6. The summed E-state index contributed by atoms with van der Waals surface area (Å²) in [5.74, 6) is -0.498. The maximum atomic E-state index is 13.7. The molecule has 1 fully saturated rings. The number of fused-ring (bicyclic) bond motifs is 1. The zero-order valence-electron chi connectivity index (χ0n) is 16.9. The zero-order valence-corrected chi connectivity index (χ0v) is 16.9. The van der Waals surface area contributed by atoms with Gasteiger partial charge in [-0.15, -0.1) is 0 Å². The average Bonchev–Trinajstić information content (AvgIpc) is 2.79. The van der Waals surface area contributed by atoms with Crippen molar-refractivity contribution in [1.82, 2.24) is 15.3 Å². The maximum absolute atomic E-state index is 13.7. The topological polar surface area (TPSA) is 58.1 Å². The monoisotopic (exact) mass is 428 g/mol. The number of piperidine rings is 1. The molecule has 162 valence electrons. The fraction of sp³-hybridized carbons (Fsp3) is 0.348. The van der Waals surface area contributed by atoms with Crippen molar-refractivity contribution < 1.29 is 18.0 Å². The summed E-state index contributed by atoms with van der Waals surface area (Å²) in [5, 5.41) is 3.61. The van der Waals surface area contributed by atoms with E-state index in [0.29, 0.717) is 55.8 Å². The van der Waals surface area contributed by atoms with E-state index in [4.69, 9.17) is 0 Å². The second kappa shape index (κ2) is 9.32. The Kier molecular flexibility index (Phi) is 6.34. The Morgan fingerprint density at radius 3 is 2.52 bits per heavy atom. The van der Waals surface area contributed by atoms with Crippen LogP contribution in [-0.2, 0) is 11.2 Å². The molecule has 5 nitrogen and oxygen atoms in total. The summed E-state index contributed by atoms with van der Waals surface area (Å²) < 4.78 is 40.2. The molecular weight excluding hydrogens is 405 g/mol. The van der Waals surface area contributed by atoms with Gasteiger partial charge in [0.05, 0.1) is 5.52 Å². The molecule has 0 atom stereocenters. The predicted octanol–water partition coefficient (Wildman–Crippen LogP) is 4.28. The molecule has 2 heterocycles. The van der Waals surface area contributed by atoms with Crippen molar-refractivity contribution in [1.29, 1.82) is 0 Å². The zero-order chi connectivity index (χ0) is 21.8. The number of nitrogens with one attached hydrogen (secondary N) is 1. The van der Waals surface area contributed by atoms with E-state index in [2.05, 4.69) is 15.3 Å². The van der Waals surface area contributed by atoms with Gasteiger partial charge in [0.15, 0.2) is 5.82 Å². The van der Waals surface area contributed by atoms with Gasteiger partial charge < -0.3 is 10.2 Å². The number of anilines is 1. The second-order valence-electron chi connectivity index (χ2n) is 7.62. The molecule has 1 aromatic heterocycles. The van der Waals surface area contributed by atoms with Crippen LogP contribution in [0.15, 0.2) is 48.5 Å². The minimum Gasteiger partial charge on any atom is -0.356 e. The first-order chi connectivity index (χ1) is 15.0. The lowest BCUT2D eigenvalue weighted by atomic mass is 9.95. The van der Waals surface area contributed by atoms with E-state index in [0.717, 1.165) is 5.39 Å². The summed E-state index contributed by atoms with van der Waals surface area (Å²) >= 11 is 0. The molecule has 2 aromatic carbocycles. The molecule has 1 aliphatic heterocycles. The number of nitrogens with zero attached hydrogens (tertiary/aromatic N) is 3. The van der Waals surface area contributed by atoms with E-state index in [1.54, 1.807) is 30.3 Å². The number of para-hydroxylation sites is 1. The van der Waals surface area contributed by atoms with Crippen LogP contribution in [0.25, 0.3) is 10.9 Å². The molecule has 1 aliphatic rings. The van der Waals surface area contributed by atoms with Gasteiger partial charge in [-0.25, -0.2) is 23.1 Å². The van der Waals surface area contributed by atoms with Gasteiger partial charge in [0, 0.05) is 30.9 Å². The number of benzene rings is 2. The van der Waals surface area contributed by atoms with E-state index in [1.807, 2.05) is 17.0 Å². The number of carbonyl (C=O) groups is 1. The fourth-order valence-corrected chi connectivity index (χ4v) is 3.94. The number of halogens is 3. The van der Waals surface area contributed by atoms with Crippen molar-refractivity contribution in [2.45, 2.75) is 25.7 Å². The number of carbonyl (C=O) groups excluding carboxylic acids is 1. The van der Waals surface area contributed by atoms with Gasteiger partial charge in [0.1, 0.15) is 11.6 Å². The quantitative estimate of drug-likeness (QED) is 0.637. The van der Waals surface area contributed by atoms with Crippen molar-refractivity contribution in [2.75, 3.05) is 24.5 Å². The maximum Gasteiger partial charge on any atom is 0.297 e. The van der Waals surface area contributed by atoms with Crippen molar-refractivity contribution in [3.63, 3.8) is 0 Å². The van der Waals surface area contributed by atoms with Crippen LogP contribution in [-0.4, -0.2) is 35.5 Å². The van der Waals surface area contributed by atoms with Gasteiger partial charge >= 0.3 is 0 Å². The molecule has 1 amide bonds. The molecule has 1 N–H and O–H groups in total. The Bertz CT molecular complexity index is 1070. The molecule has 1 saturated heterocycles. The lowest BCUT2D eigenvalue weighted by Crippen LogP contribution is -2.41. The predicted molar refractivity (Wildman–Crippen MR) is 113 cm³/mol. The molecule has 4 rings (SSSR count). The van der Waals surface area contributed by atoms with Crippen molar-refractivity contribution >= 4 is 22.6 Å². The molecule has 0 spiro atoms. The highest BCUT2D eigenvalue weighted by Gasteiger charge is 2.27. The molecule has 0 bridgehead atoms. The minimum absolute atomic E-state index is 0.0585. The van der Waals surface area contributed by atoms with Gasteiger partial charge in [-0.2, -0.15) is 0 Å². The molecule has 3 aromatic rings. The van der Waals surface area contributed by atoms with Crippen molar-refractivity contribution in [3.05, 3.63) is 65.7 Å². The normalized spacial score (nSPS) is 14.9. The van der Waals surface area contributed by atoms with Crippen LogP contribution in [0.3, 0.4) is 0 Å². The third-order valence-electron chi connectivity index (χ3n) is 5.61. The molecule has 8 heteroatoms. The van der Waals surface area contributed by atoms with Crippen molar-refractivity contribution in [2.24, 2.45) is 5.92 Å². The van der Waals surface area contributed by atoms with Crippen LogP contribution < -0.4 is 10.2 Å². The van der Waals surface area contributed by atoms with Gasteiger partial charge in [-0.3, -0.25) is 4.79 Å². The number of alkyl halides is 2. The van der Waals surface area contributed by atoms with Crippen LogP contribution in [0.5, 0.6) is 0 Å². The van der Waals surface area contributed by atoms with E-state index < -0.39 is 12.2 Å². The summed E-state index contributed by atoms with van der Waals surface area (Å²) in [5.41, 5.74) is 1.05. The summed E-state index contributed by atoms with van der Waals surface area (Å²) in [6.07, 6.45) is -1.14. The number of hydrogen-bond donors (Lipinski definition) is 1. The van der Waals surface area contributed by atoms with E-state index in [9.17, 15) is 18.0 Å². The Hall–Kier alpha value is -3.16. The molecule has 0 unspecified atom stereocenters. The first kappa shape index (κ1) is 21.1. The molecule has 31 heavy (non-hydrogen) atoms. The number of aromatic nitrogens is 2. The van der Waals surface area contributed by atoms with Crippen LogP contribution >= 0.6 is 0 Å². The number of hydrogen-bond acceptors (Lipinski definition) is 4. The lowest BCUT2D eigenvalue weighted by Gasteiger charge is -2.33. The first-order valence-corrected chi connectivity index (χ1v) is 10.3. The summed E-state index contributed by atoms with van der Waals surface area (Å²) in [6, 6.07) is 13.6. The Morgan fingerprint density at radius 2 is 1.77 bits per heavy atom. The van der Waals surface area contributed by atoms with Gasteiger partial charge in [0.2, 0.25) is 5.91 Å². The van der Waals surface area contributed by atoms with Crippen LogP contribution in [0.1, 0.15) is 30.7 Å². The smallest absolute Gasteiger partial charge is 0.297 e. The van der Waals surface area contributed by atoms with Crippen LogP contribution in [0.2, 0.25) is 0 Å². The largest absolute Gasteiger partial charge is 0.356 e. The van der Waals surface area contributed by atoms with Crippen LogP contribution in [0, 0.1) is 11.7 Å². The van der Waals surface area contributed by atoms with E-state index in [1.165, 1.54) is 6.07 Å². The van der Waals surface area contributed by atoms with Gasteiger partial charge in [-0.05, 0) is 43.0 Å². The first-order valence-electron chi connectivity index (χ1n) is 10.3. The Balaban J connectivity index is 1.37. The van der Waals surface area contributed by atoms with Gasteiger partial charge in [0.25, 0.3) is 6.43 Å². The van der Waals surface area contributed by atoms with E-state index >= 15 is 0 Å². The fourth-order valence-electron chi connectivity index (χ4n) is 3.94. The minimum atomic E-state index is -2.75. The average molecular weight is 428 g/mol. The highest BCUT2D eigenvalue weighted by atomic mass is 19.3. The highest BCUT2D eigenvalue weighted by molar-refractivity contribution is 5.89. The molecule has 0 radical (unpaired) electrons. The van der Waals surface area contributed by atoms with Crippen molar-refractivity contribution in [3.8, 4) is 0 Å². The van der Waals surface area contributed by atoms with Crippen LogP contribution in [0.4, 0.5) is 19.0 Å². The Labute approximate surface area is 178 Å². The second-order valence-corrected chi connectivity index (χ2v) is 7.62. The SMILES string of the molecule is O=C(NCCc1ccccc1F)C1CCN(c2nc(C(F)F)nc3ccccc23)CC1. The molecule has 0 aliphatic carbocycles.